The Hall–Kier alpha value is -5.22. The normalized spacial score (nSPS) is 28.7. The molecule has 3 unspecified atom stereocenters. The predicted molar refractivity (Wildman–Crippen MR) is 261 cm³/mol. The lowest BCUT2D eigenvalue weighted by molar-refractivity contribution is -0.131. The standard InChI is InChI=1S/C41H55BF2N14O11P2S/c1-20(2)29(56-26(59)7-5-4-6-12-45)39(61)54-21(3)38(60)55-23-10-8-22(9-11-23)15-72-71(63)65-14-25-32(27(43)40(67-25)57-18-52-30-34(46)48-16-50-36(30)57)68-70(42,62)64-13-24-33(69-71)28(44)41(66-24)58-19-53-31-35(47)49-17-51-37(31)58/h8-11,16-21,24-25,27-29,32-33,40-41H,4-7,12-15,42,45H2,1-3H3,(H,54,61)(H,55,60)(H,56,59)(H2,46,48,50)(H2,47,49,51)/t21-,24+,25+,27+,28+,29?,32+,33+,40+,41+,70?,71?/m0/s1. The molecule has 3 aliphatic heterocycles. The number of carbonyl (C=O) groups excluding carboxylic acids is 3. The maximum atomic E-state index is 16.9. The Labute approximate surface area is 415 Å². The number of benzene rings is 1. The molecule has 3 saturated heterocycles. The first kappa shape index (κ1) is 53.1. The lowest BCUT2D eigenvalue weighted by Crippen LogP contribution is -2.53. The van der Waals surface area contributed by atoms with E-state index in [9.17, 15) is 18.9 Å². The third-order valence-electron chi connectivity index (χ3n) is 12.0. The van der Waals surface area contributed by atoms with Crippen molar-refractivity contribution < 1.29 is 59.9 Å². The molecule has 3 amide bonds. The molecule has 0 spiro atoms. The second-order valence-electron chi connectivity index (χ2n) is 17.7. The van der Waals surface area contributed by atoms with Crippen LogP contribution in [0.4, 0.5) is 26.1 Å². The Kier molecular flexibility index (Phi) is 16.6. The van der Waals surface area contributed by atoms with Gasteiger partial charge in [-0.05, 0) is 61.3 Å². The van der Waals surface area contributed by atoms with Crippen LogP contribution in [0, 0.1) is 5.92 Å². The molecule has 388 valence electrons. The molecule has 4 aromatic heterocycles. The molecule has 3 fully saturated rings. The van der Waals surface area contributed by atoms with Crippen LogP contribution >= 0.6 is 25.7 Å². The van der Waals surface area contributed by atoms with Gasteiger partial charge >= 0.3 is 6.80 Å². The van der Waals surface area contributed by atoms with Gasteiger partial charge < -0.3 is 51.7 Å². The van der Waals surface area contributed by atoms with Crippen molar-refractivity contribution in [2.24, 2.45) is 11.7 Å². The number of nitrogen functional groups attached to an aromatic ring is 2. The molecule has 0 radical (unpaired) electrons. The number of aromatic nitrogens is 8. The van der Waals surface area contributed by atoms with Gasteiger partial charge in [-0.15, -0.1) is 0 Å². The van der Waals surface area contributed by atoms with Gasteiger partial charge in [-0.25, -0.2) is 43.2 Å². The Morgan fingerprint density at radius 3 is 1.93 bits per heavy atom. The molecule has 7 heterocycles. The molecule has 1 aromatic carbocycles. The second kappa shape index (κ2) is 22.5. The van der Waals surface area contributed by atoms with Gasteiger partial charge in [0, 0.05) is 17.9 Å². The molecule has 72 heavy (non-hydrogen) atoms. The molecular formula is C41H55BF2N14O11P2S. The SMILES string of the molecule is BP1(=O)OC[C@H]2O[C@@H](n3cnc4c(N)ncnc43)[C@H](F)[C@@H]2OP(=O)(SCc2ccc(NC(=O)[C@H](C)NC(=O)C(NC(=O)CCCCCN)C(C)C)cc2)OC[C@H]2O[C@@H](n3cnc4c(N)ncnc43)[C@H](F)[C@@H]2O1. The average Bonchev–Trinajstić information content (AvgIpc) is 4.12. The number of imidazole rings is 2. The van der Waals surface area contributed by atoms with Gasteiger partial charge in [-0.1, -0.05) is 32.4 Å². The Morgan fingerprint density at radius 2 is 1.36 bits per heavy atom. The number of alkyl halides is 2. The van der Waals surface area contributed by atoms with Gasteiger partial charge in [0.2, 0.25) is 17.7 Å². The van der Waals surface area contributed by atoms with Gasteiger partial charge in [-0.3, -0.25) is 37.1 Å². The van der Waals surface area contributed by atoms with E-state index in [1.165, 1.54) is 28.7 Å². The van der Waals surface area contributed by atoms with E-state index in [-0.39, 0.29) is 58.0 Å². The highest BCUT2D eigenvalue weighted by Gasteiger charge is 2.55. The summed E-state index contributed by atoms with van der Waals surface area (Å²) in [6.45, 7) is -0.294. The van der Waals surface area contributed by atoms with Gasteiger partial charge in [-0.2, -0.15) is 0 Å². The lowest BCUT2D eigenvalue weighted by Gasteiger charge is -2.30. The van der Waals surface area contributed by atoms with Crippen molar-refractivity contribution in [3.05, 3.63) is 55.1 Å². The molecule has 9 N–H and O–H groups in total. The minimum absolute atomic E-state index is 0.0221. The highest BCUT2D eigenvalue weighted by Crippen LogP contribution is 2.65. The summed E-state index contributed by atoms with van der Waals surface area (Å²) in [5, 5.41) is 8.18. The van der Waals surface area contributed by atoms with Crippen molar-refractivity contribution in [2.45, 2.75) is 114 Å². The van der Waals surface area contributed by atoms with Gasteiger partial charge in [0.05, 0.1) is 25.9 Å². The number of hydrogen-bond acceptors (Lipinski definition) is 21. The third-order valence-corrected chi connectivity index (χ3v) is 16.9. The van der Waals surface area contributed by atoms with Crippen LogP contribution in [0.5, 0.6) is 0 Å². The van der Waals surface area contributed by atoms with E-state index in [1.54, 1.807) is 38.1 Å². The molecule has 0 aliphatic carbocycles. The lowest BCUT2D eigenvalue weighted by atomic mass is 10.0. The zero-order chi connectivity index (χ0) is 51.5. The maximum absolute atomic E-state index is 16.9. The van der Waals surface area contributed by atoms with Crippen LogP contribution in [0.3, 0.4) is 0 Å². The number of unbranched alkanes of at least 4 members (excludes halogenated alkanes) is 2. The minimum Gasteiger partial charge on any atom is -0.382 e. The molecular weight excluding hydrogens is 1010 g/mol. The van der Waals surface area contributed by atoms with E-state index in [1.807, 2.05) is 0 Å². The van der Waals surface area contributed by atoms with Crippen LogP contribution in [0.2, 0.25) is 0 Å². The first-order chi connectivity index (χ1) is 34.3. The van der Waals surface area contributed by atoms with Crippen LogP contribution in [0.25, 0.3) is 22.3 Å². The number of hydrogen-bond donors (Lipinski definition) is 6. The molecule has 8 rings (SSSR count). The van der Waals surface area contributed by atoms with E-state index in [0.29, 0.717) is 35.6 Å². The summed E-state index contributed by atoms with van der Waals surface area (Å²) in [7, 11) is -3.12. The van der Waals surface area contributed by atoms with E-state index in [2.05, 4.69) is 45.9 Å². The highest BCUT2D eigenvalue weighted by molar-refractivity contribution is 8.54. The molecule has 5 aromatic rings. The van der Waals surface area contributed by atoms with Crippen LogP contribution < -0.4 is 33.2 Å². The van der Waals surface area contributed by atoms with Crippen LogP contribution in [-0.2, 0) is 56.8 Å². The summed E-state index contributed by atoms with van der Waals surface area (Å²) in [6.07, 6.45) is -6.09. The van der Waals surface area contributed by atoms with Crippen LogP contribution in [-0.4, -0.2) is 133 Å². The Bertz CT molecular complexity index is 2860. The molecule has 3 aliphatic rings. The molecule has 0 saturated carbocycles. The van der Waals surface area contributed by atoms with Crippen molar-refractivity contribution in [1.82, 2.24) is 49.7 Å². The Morgan fingerprint density at radius 1 is 0.792 bits per heavy atom. The van der Waals surface area contributed by atoms with Crippen LogP contribution in [0.1, 0.15) is 64.5 Å². The Balaban J connectivity index is 0.987. The monoisotopic (exact) mass is 1060 g/mol. The highest BCUT2D eigenvalue weighted by atomic mass is 32.7. The second-order valence-corrected chi connectivity index (χ2v) is 23.8. The number of rotatable bonds is 16. The fourth-order valence-corrected chi connectivity index (χ4v) is 12.7. The summed E-state index contributed by atoms with van der Waals surface area (Å²) < 4.78 is 101. The van der Waals surface area contributed by atoms with E-state index >= 15 is 13.3 Å². The zero-order valence-electron chi connectivity index (χ0n) is 39.5. The number of nitrogens with two attached hydrogens (primary N) is 3. The first-order valence-corrected chi connectivity index (χ1v) is 28.1. The fraction of sp³-hybridized carbons (Fsp3) is 0.537. The van der Waals surface area contributed by atoms with Crippen molar-refractivity contribution in [3.8, 4) is 0 Å². The van der Waals surface area contributed by atoms with E-state index in [4.69, 9.17) is 44.8 Å². The number of fused-ring (bicyclic) bond motifs is 4. The summed E-state index contributed by atoms with van der Waals surface area (Å²) in [5.41, 5.74) is 19.0. The number of nitrogens with one attached hydrogen (secondary N) is 3. The summed E-state index contributed by atoms with van der Waals surface area (Å²) in [5.74, 6) is -1.61. The van der Waals surface area contributed by atoms with E-state index < -0.39 is 101 Å². The number of anilines is 3. The third kappa shape index (κ3) is 11.9. The fourth-order valence-electron chi connectivity index (χ4n) is 8.19. The maximum Gasteiger partial charge on any atom is 0.389 e. The van der Waals surface area contributed by atoms with Gasteiger partial charge in [0.1, 0.15) is 60.2 Å². The molecule has 25 nitrogen and oxygen atoms in total. The van der Waals surface area contributed by atoms with E-state index in [0.717, 1.165) is 33.1 Å². The summed E-state index contributed by atoms with van der Waals surface area (Å²) >= 11 is 0.672. The van der Waals surface area contributed by atoms with Crippen molar-refractivity contribution in [1.29, 1.82) is 0 Å². The zero-order valence-corrected chi connectivity index (χ0v) is 42.1. The topological polar surface area (TPSA) is 342 Å². The largest absolute Gasteiger partial charge is 0.389 e. The minimum atomic E-state index is -4.57. The van der Waals surface area contributed by atoms with Crippen molar-refractivity contribution in [2.75, 3.05) is 36.5 Å². The number of nitrogens with zero attached hydrogens (tertiary/aromatic N) is 8. The summed E-state index contributed by atoms with van der Waals surface area (Å²) in [4.78, 5) is 63.6. The number of ether oxygens (including phenoxy) is 2. The van der Waals surface area contributed by atoms with Gasteiger partial charge in [0.25, 0.3) is 15.0 Å². The number of amides is 3. The van der Waals surface area contributed by atoms with Crippen molar-refractivity contribution >= 4 is 90.6 Å². The van der Waals surface area contributed by atoms with Gasteiger partial charge in [0.15, 0.2) is 47.7 Å². The van der Waals surface area contributed by atoms with Crippen LogP contribution in [0.15, 0.2) is 49.6 Å². The predicted octanol–water partition coefficient (Wildman–Crippen LogP) is 3.00. The number of halogens is 2. The number of carbonyl (C=O) groups is 3. The average molecular weight is 1060 g/mol. The molecule has 0 bridgehead atoms. The quantitative estimate of drug-likeness (QED) is 0.0470. The summed E-state index contributed by atoms with van der Waals surface area (Å²) in [6, 6.07) is 4.55. The molecule has 31 heteroatoms. The smallest absolute Gasteiger partial charge is 0.382 e. The first-order valence-electron chi connectivity index (χ1n) is 23.0. The molecule has 12 atom stereocenters. The van der Waals surface area contributed by atoms with Crippen molar-refractivity contribution in [3.63, 3.8) is 0 Å².